The summed E-state index contributed by atoms with van der Waals surface area (Å²) < 4.78 is 0. The van der Waals surface area contributed by atoms with Crippen LogP contribution in [-0.4, -0.2) is 39.1 Å². The smallest absolute Gasteiger partial charge is 0.222 e. The summed E-state index contributed by atoms with van der Waals surface area (Å²) >= 11 is 12.1. The monoisotopic (exact) mass is 352 g/mol. The summed E-state index contributed by atoms with van der Waals surface area (Å²) in [5.41, 5.74) is 0.952. The minimum absolute atomic E-state index is 0.153. The molecular formula is C16H18Cl2N4O. The number of hydrogen-bond acceptors (Lipinski definition) is 3. The molecule has 1 N–H and O–H groups in total. The summed E-state index contributed by atoms with van der Waals surface area (Å²) in [6.45, 7) is 1.50. The lowest BCUT2D eigenvalue weighted by Gasteiger charge is -2.31. The Morgan fingerprint density at radius 3 is 3.00 bits per heavy atom. The molecule has 0 bridgehead atoms. The van der Waals surface area contributed by atoms with Gasteiger partial charge in [0.05, 0.1) is 0 Å². The molecule has 2 aromatic rings. The van der Waals surface area contributed by atoms with Crippen LogP contribution in [0.2, 0.25) is 10.0 Å². The van der Waals surface area contributed by atoms with Crippen molar-refractivity contribution in [2.24, 2.45) is 0 Å². The summed E-state index contributed by atoms with van der Waals surface area (Å²) in [5, 5.41) is 8.02. The lowest BCUT2D eigenvalue weighted by atomic mass is 9.97. The maximum Gasteiger partial charge on any atom is 0.222 e. The molecule has 122 valence electrons. The molecule has 1 amide bonds. The molecule has 23 heavy (non-hydrogen) atoms. The summed E-state index contributed by atoms with van der Waals surface area (Å²) in [4.78, 5) is 18.6. The number of carbonyl (C=O) groups excluding carboxylic acids is 1. The Hall–Kier alpha value is -1.59. The third-order valence-corrected chi connectivity index (χ3v) is 4.80. The molecule has 1 atom stereocenters. The van der Waals surface area contributed by atoms with Crippen LogP contribution < -0.4 is 0 Å². The first-order chi connectivity index (χ1) is 11.1. The normalized spacial score (nSPS) is 18.2. The number of amides is 1. The number of aryl methyl sites for hydroxylation is 1. The number of nitrogens with one attached hydrogen (secondary N) is 1. The van der Waals surface area contributed by atoms with Crippen LogP contribution >= 0.6 is 23.2 Å². The van der Waals surface area contributed by atoms with Gasteiger partial charge in [0.2, 0.25) is 5.91 Å². The van der Waals surface area contributed by atoms with E-state index in [1.54, 1.807) is 12.1 Å². The quantitative estimate of drug-likeness (QED) is 0.916. The van der Waals surface area contributed by atoms with Crippen molar-refractivity contribution in [2.75, 3.05) is 13.1 Å². The summed E-state index contributed by atoms with van der Waals surface area (Å²) in [6.07, 6.45) is 4.60. The van der Waals surface area contributed by atoms with Gasteiger partial charge in [-0.25, -0.2) is 4.98 Å². The molecule has 0 unspecified atom stereocenters. The van der Waals surface area contributed by atoms with Gasteiger partial charge in [-0.3, -0.25) is 9.89 Å². The van der Waals surface area contributed by atoms with E-state index in [1.807, 2.05) is 11.0 Å². The number of rotatable bonds is 4. The van der Waals surface area contributed by atoms with Crippen molar-refractivity contribution in [3.05, 3.63) is 46.0 Å². The minimum atomic E-state index is 0.153. The summed E-state index contributed by atoms with van der Waals surface area (Å²) in [7, 11) is 0. The van der Waals surface area contributed by atoms with Crippen LogP contribution in [-0.2, 0) is 11.2 Å². The van der Waals surface area contributed by atoms with E-state index in [0.29, 0.717) is 29.4 Å². The molecule has 1 aliphatic rings. The summed E-state index contributed by atoms with van der Waals surface area (Å²) in [6, 6.07) is 5.39. The number of likely N-dealkylation sites (tertiary alicyclic amines) is 1. The van der Waals surface area contributed by atoms with Crippen LogP contribution in [0.5, 0.6) is 0 Å². The molecule has 1 aromatic heterocycles. The molecule has 3 rings (SSSR count). The third-order valence-electron chi connectivity index (χ3n) is 4.22. The predicted molar refractivity (Wildman–Crippen MR) is 89.7 cm³/mol. The van der Waals surface area contributed by atoms with Gasteiger partial charge < -0.3 is 4.90 Å². The number of halogens is 2. The van der Waals surface area contributed by atoms with E-state index in [0.717, 1.165) is 30.8 Å². The van der Waals surface area contributed by atoms with Crippen LogP contribution in [0.1, 0.15) is 36.6 Å². The average molecular weight is 353 g/mol. The van der Waals surface area contributed by atoms with Crippen LogP contribution in [0, 0.1) is 0 Å². The molecule has 1 fully saturated rings. The lowest BCUT2D eigenvalue weighted by molar-refractivity contribution is -0.132. The highest BCUT2D eigenvalue weighted by Gasteiger charge is 2.26. The van der Waals surface area contributed by atoms with Gasteiger partial charge in [0.1, 0.15) is 12.2 Å². The highest BCUT2D eigenvalue weighted by atomic mass is 35.5. The Labute approximate surface area is 145 Å². The predicted octanol–water partition coefficient (Wildman–Crippen LogP) is 3.45. The number of carbonyl (C=O) groups is 1. The molecule has 7 heteroatoms. The number of piperidine rings is 1. The van der Waals surface area contributed by atoms with E-state index in [1.165, 1.54) is 6.33 Å². The van der Waals surface area contributed by atoms with Gasteiger partial charge in [0, 0.05) is 35.5 Å². The van der Waals surface area contributed by atoms with Crippen molar-refractivity contribution >= 4 is 29.1 Å². The zero-order chi connectivity index (χ0) is 16.2. The van der Waals surface area contributed by atoms with Crippen LogP contribution in [0.15, 0.2) is 24.5 Å². The van der Waals surface area contributed by atoms with Crippen molar-refractivity contribution in [2.45, 2.75) is 31.6 Å². The van der Waals surface area contributed by atoms with Crippen molar-refractivity contribution in [3.8, 4) is 0 Å². The Morgan fingerprint density at radius 1 is 1.39 bits per heavy atom. The number of H-pyrrole nitrogens is 1. The fourth-order valence-corrected chi connectivity index (χ4v) is 3.47. The zero-order valence-electron chi connectivity index (χ0n) is 12.6. The average Bonchev–Trinajstić information content (AvgIpc) is 3.08. The van der Waals surface area contributed by atoms with Crippen LogP contribution in [0.3, 0.4) is 0 Å². The number of aromatic amines is 1. The molecular weight excluding hydrogens is 335 g/mol. The van der Waals surface area contributed by atoms with Gasteiger partial charge in [0.15, 0.2) is 0 Å². The van der Waals surface area contributed by atoms with E-state index in [2.05, 4.69) is 15.2 Å². The SMILES string of the molecule is O=C(CCc1ccc(Cl)cc1Cl)N1CCC[C@H](c2ncn[nH]2)C1. The highest BCUT2D eigenvalue weighted by molar-refractivity contribution is 6.35. The first-order valence-corrected chi connectivity index (χ1v) is 8.46. The Kier molecular flexibility index (Phi) is 5.18. The van der Waals surface area contributed by atoms with E-state index in [-0.39, 0.29) is 11.8 Å². The topological polar surface area (TPSA) is 61.9 Å². The molecule has 5 nitrogen and oxygen atoms in total. The largest absolute Gasteiger partial charge is 0.342 e. The molecule has 1 aliphatic heterocycles. The van der Waals surface area contributed by atoms with Crippen LogP contribution in [0.4, 0.5) is 0 Å². The van der Waals surface area contributed by atoms with Gasteiger partial charge in [-0.1, -0.05) is 29.3 Å². The fraction of sp³-hybridized carbons (Fsp3) is 0.438. The number of benzene rings is 1. The van der Waals surface area contributed by atoms with Crippen molar-refractivity contribution in [1.82, 2.24) is 20.1 Å². The number of aromatic nitrogens is 3. The van der Waals surface area contributed by atoms with Gasteiger partial charge >= 0.3 is 0 Å². The molecule has 1 saturated heterocycles. The molecule has 2 heterocycles. The zero-order valence-corrected chi connectivity index (χ0v) is 14.1. The molecule has 0 spiro atoms. The van der Waals surface area contributed by atoms with Crippen LogP contribution in [0.25, 0.3) is 0 Å². The van der Waals surface area contributed by atoms with Gasteiger partial charge in [-0.05, 0) is 37.0 Å². The molecule has 0 saturated carbocycles. The van der Waals surface area contributed by atoms with Crippen molar-refractivity contribution in [3.63, 3.8) is 0 Å². The Balaban J connectivity index is 1.57. The van der Waals surface area contributed by atoms with Gasteiger partial charge in [-0.15, -0.1) is 0 Å². The van der Waals surface area contributed by atoms with E-state index in [4.69, 9.17) is 23.2 Å². The number of hydrogen-bond donors (Lipinski definition) is 1. The third kappa shape index (κ3) is 4.03. The first-order valence-electron chi connectivity index (χ1n) is 7.70. The second-order valence-electron chi connectivity index (χ2n) is 5.79. The Morgan fingerprint density at radius 2 is 2.26 bits per heavy atom. The lowest BCUT2D eigenvalue weighted by Crippen LogP contribution is -2.39. The second kappa shape index (κ2) is 7.32. The highest BCUT2D eigenvalue weighted by Crippen LogP contribution is 2.26. The van der Waals surface area contributed by atoms with E-state index >= 15 is 0 Å². The van der Waals surface area contributed by atoms with E-state index < -0.39 is 0 Å². The van der Waals surface area contributed by atoms with Crippen molar-refractivity contribution < 1.29 is 4.79 Å². The van der Waals surface area contributed by atoms with Gasteiger partial charge in [-0.2, -0.15) is 5.10 Å². The van der Waals surface area contributed by atoms with Gasteiger partial charge in [0.25, 0.3) is 0 Å². The molecule has 1 aromatic carbocycles. The van der Waals surface area contributed by atoms with Crippen molar-refractivity contribution in [1.29, 1.82) is 0 Å². The maximum absolute atomic E-state index is 12.5. The Bertz CT molecular complexity index is 675. The second-order valence-corrected chi connectivity index (χ2v) is 6.63. The number of nitrogens with zero attached hydrogens (tertiary/aromatic N) is 3. The molecule has 0 aliphatic carbocycles. The first kappa shape index (κ1) is 16.3. The fourth-order valence-electron chi connectivity index (χ4n) is 2.96. The maximum atomic E-state index is 12.5. The summed E-state index contributed by atoms with van der Waals surface area (Å²) in [5.74, 6) is 1.26. The standard InChI is InChI=1S/C16H18Cl2N4O/c17-13-5-3-11(14(18)8-13)4-6-15(23)22-7-1-2-12(9-22)16-19-10-20-21-16/h3,5,8,10,12H,1-2,4,6-7,9H2,(H,19,20,21)/t12-/m0/s1. The molecule has 0 radical (unpaired) electrons. The van der Waals surface area contributed by atoms with E-state index in [9.17, 15) is 4.79 Å². The minimum Gasteiger partial charge on any atom is -0.342 e.